The van der Waals surface area contributed by atoms with Crippen molar-refractivity contribution in [3.8, 4) is 0 Å². The van der Waals surface area contributed by atoms with Gasteiger partial charge in [-0.05, 0) is 68.3 Å². The van der Waals surface area contributed by atoms with E-state index in [1.54, 1.807) is 0 Å². The van der Waals surface area contributed by atoms with Crippen LogP contribution in [0.15, 0.2) is 24.3 Å². The summed E-state index contributed by atoms with van der Waals surface area (Å²) >= 11 is 0. The first-order chi connectivity index (χ1) is 13.0. The van der Waals surface area contributed by atoms with Gasteiger partial charge in [-0.15, -0.1) is 0 Å². The van der Waals surface area contributed by atoms with Gasteiger partial charge in [0, 0.05) is 12.5 Å². The van der Waals surface area contributed by atoms with E-state index in [9.17, 15) is 9.59 Å². The average Bonchev–Trinajstić information content (AvgIpc) is 3.13. The largest absolute Gasteiger partial charge is 0.465 e. The first kappa shape index (κ1) is 19.9. The normalized spacial score (nSPS) is 26.9. The Labute approximate surface area is 162 Å². The highest BCUT2D eigenvalue weighted by atomic mass is 16.5. The van der Waals surface area contributed by atoms with Crippen LogP contribution in [0.3, 0.4) is 0 Å². The smallest absolute Gasteiger partial charge is 0.337 e. The summed E-state index contributed by atoms with van der Waals surface area (Å²) in [5.41, 5.74) is 1.56. The van der Waals surface area contributed by atoms with Crippen LogP contribution in [0.1, 0.15) is 67.8 Å². The van der Waals surface area contributed by atoms with Crippen molar-refractivity contribution in [2.45, 2.75) is 63.5 Å². The summed E-state index contributed by atoms with van der Waals surface area (Å²) in [5.74, 6) is 0.542. The minimum absolute atomic E-state index is 0.277. The molecule has 0 radical (unpaired) electrons. The van der Waals surface area contributed by atoms with Crippen molar-refractivity contribution in [1.82, 2.24) is 4.90 Å². The van der Waals surface area contributed by atoms with Crippen molar-refractivity contribution in [3.63, 3.8) is 0 Å². The average molecular weight is 373 g/mol. The third-order valence-electron chi connectivity index (χ3n) is 6.64. The molecule has 1 heterocycles. The minimum atomic E-state index is -0.294. The number of carbonyl (C=O) groups is 2. The number of benzene rings is 1. The highest BCUT2D eigenvalue weighted by Gasteiger charge is 2.45. The van der Waals surface area contributed by atoms with Crippen molar-refractivity contribution in [1.29, 1.82) is 0 Å². The maximum absolute atomic E-state index is 11.8. The van der Waals surface area contributed by atoms with Gasteiger partial charge in [0.15, 0.2) is 0 Å². The molecule has 1 saturated carbocycles. The Hall–Kier alpha value is -1.88. The molecule has 0 bridgehead atoms. The van der Waals surface area contributed by atoms with Gasteiger partial charge in [-0.2, -0.15) is 0 Å². The van der Waals surface area contributed by atoms with Crippen LogP contribution >= 0.6 is 0 Å². The number of carbonyl (C=O) groups excluding carboxylic acids is 2. The molecule has 1 aromatic carbocycles. The molecule has 2 fully saturated rings. The van der Waals surface area contributed by atoms with Gasteiger partial charge in [0.05, 0.1) is 12.7 Å². The molecule has 1 aliphatic heterocycles. The molecular weight excluding hydrogens is 342 g/mol. The minimum Gasteiger partial charge on any atom is -0.465 e. The van der Waals surface area contributed by atoms with E-state index in [2.05, 4.69) is 24.8 Å². The topological polar surface area (TPSA) is 55.8 Å². The molecular formula is C22H31NO4. The number of ether oxygens (including phenoxy) is 2. The molecule has 5 heteroatoms. The highest BCUT2D eigenvalue weighted by molar-refractivity contribution is 5.89. The van der Waals surface area contributed by atoms with Crippen molar-refractivity contribution in [2.24, 2.45) is 5.92 Å². The molecule has 0 aromatic heterocycles. The van der Waals surface area contributed by atoms with E-state index in [0.717, 1.165) is 45.2 Å². The van der Waals surface area contributed by atoms with E-state index in [4.69, 9.17) is 9.47 Å². The van der Waals surface area contributed by atoms with E-state index in [0.29, 0.717) is 29.9 Å². The van der Waals surface area contributed by atoms with Gasteiger partial charge in [0.25, 0.3) is 6.47 Å². The summed E-state index contributed by atoms with van der Waals surface area (Å²) < 4.78 is 10.4. The fraction of sp³-hybridized carbons (Fsp3) is 0.636. The van der Waals surface area contributed by atoms with Crippen molar-refractivity contribution >= 4 is 12.4 Å². The number of esters is 1. The van der Waals surface area contributed by atoms with E-state index in [-0.39, 0.29) is 11.6 Å². The zero-order chi connectivity index (χ0) is 19.4. The lowest BCUT2D eigenvalue weighted by Crippen LogP contribution is -2.42. The predicted octanol–water partition coefficient (Wildman–Crippen LogP) is 3.77. The number of likely N-dealkylation sites (tertiary alicyclic amines) is 1. The van der Waals surface area contributed by atoms with Crippen LogP contribution in [-0.4, -0.2) is 49.2 Å². The summed E-state index contributed by atoms with van der Waals surface area (Å²) in [7, 11) is 1.42. The molecule has 3 rings (SSSR count). The van der Waals surface area contributed by atoms with Gasteiger partial charge in [-0.1, -0.05) is 26.0 Å². The summed E-state index contributed by atoms with van der Waals surface area (Å²) in [4.78, 5) is 25.3. The van der Waals surface area contributed by atoms with E-state index >= 15 is 0 Å². The third kappa shape index (κ3) is 4.18. The lowest BCUT2D eigenvalue weighted by molar-refractivity contribution is -0.148. The molecule has 5 nitrogen and oxygen atoms in total. The predicted molar refractivity (Wildman–Crippen MR) is 104 cm³/mol. The number of piperidine rings is 1. The van der Waals surface area contributed by atoms with Gasteiger partial charge >= 0.3 is 5.97 Å². The Morgan fingerprint density at radius 3 is 2.63 bits per heavy atom. The Morgan fingerprint density at radius 1 is 1.26 bits per heavy atom. The number of hydrogen-bond donors (Lipinski definition) is 0. The highest BCUT2D eigenvalue weighted by Crippen LogP contribution is 2.42. The number of methoxy groups -OCH3 is 1. The summed E-state index contributed by atoms with van der Waals surface area (Å²) in [6.45, 7) is 7.02. The van der Waals surface area contributed by atoms with Gasteiger partial charge in [0.1, 0.15) is 5.60 Å². The molecule has 1 aliphatic carbocycles. The second-order valence-electron chi connectivity index (χ2n) is 8.26. The lowest BCUT2D eigenvalue weighted by atomic mass is 9.86. The molecule has 148 valence electrons. The molecule has 2 aliphatic rings. The quantitative estimate of drug-likeness (QED) is 0.561. The number of hydrogen-bond acceptors (Lipinski definition) is 5. The third-order valence-corrected chi connectivity index (χ3v) is 6.64. The molecule has 0 spiro atoms. The monoisotopic (exact) mass is 373 g/mol. The van der Waals surface area contributed by atoms with Gasteiger partial charge in [0.2, 0.25) is 0 Å². The van der Waals surface area contributed by atoms with Crippen LogP contribution in [0.4, 0.5) is 0 Å². The van der Waals surface area contributed by atoms with Crippen molar-refractivity contribution in [2.75, 3.05) is 20.2 Å². The molecule has 0 amide bonds. The second-order valence-corrected chi connectivity index (χ2v) is 8.26. The fourth-order valence-electron chi connectivity index (χ4n) is 4.82. The number of rotatable bonds is 6. The van der Waals surface area contributed by atoms with E-state index in [1.807, 2.05) is 18.2 Å². The number of nitrogens with zero attached hydrogens (tertiary/aromatic N) is 1. The summed E-state index contributed by atoms with van der Waals surface area (Å²) in [5, 5.41) is 0. The Morgan fingerprint density at radius 2 is 2.00 bits per heavy atom. The van der Waals surface area contributed by atoms with Gasteiger partial charge in [-0.3, -0.25) is 4.79 Å². The van der Waals surface area contributed by atoms with Crippen LogP contribution in [0.2, 0.25) is 0 Å². The van der Waals surface area contributed by atoms with Crippen molar-refractivity contribution in [3.05, 3.63) is 35.4 Å². The van der Waals surface area contributed by atoms with Crippen LogP contribution < -0.4 is 0 Å². The molecule has 27 heavy (non-hydrogen) atoms. The Bertz CT molecular complexity index is 666. The zero-order valence-corrected chi connectivity index (χ0v) is 16.6. The molecule has 0 N–H and O–H groups in total. The van der Waals surface area contributed by atoms with Crippen LogP contribution in [-0.2, 0) is 14.3 Å². The van der Waals surface area contributed by atoms with Crippen LogP contribution in [0.5, 0.6) is 0 Å². The standard InChI is InChI=1S/C22H31NO4/c1-16(2)22(27-15-24)10-7-20(14-22)23-11-8-17(9-12-23)18-5-4-6-19(13-18)21(25)26-3/h4-6,13,15-17,20H,7-12,14H2,1-3H3/t20?,22-/m0/s1. The lowest BCUT2D eigenvalue weighted by Gasteiger charge is -2.38. The molecule has 1 saturated heterocycles. The first-order valence-corrected chi connectivity index (χ1v) is 10.0. The van der Waals surface area contributed by atoms with Gasteiger partial charge in [-0.25, -0.2) is 4.79 Å². The van der Waals surface area contributed by atoms with Crippen LogP contribution in [0.25, 0.3) is 0 Å². The van der Waals surface area contributed by atoms with E-state index in [1.165, 1.54) is 12.7 Å². The fourth-order valence-corrected chi connectivity index (χ4v) is 4.82. The Kier molecular flexibility index (Phi) is 6.20. The SMILES string of the molecule is COC(=O)c1cccc(C2CCN(C3CC[C@@](OC=O)(C(C)C)C3)CC2)c1. The van der Waals surface area contributed by atoms with Crippen LogP contribution in [0, 0.1) is 5.92 Å². The maximum atomic E-state index is 11.8. The zero-order valence-electron chi connectivity index (χ0n) is 16.6. The maximum Gasteiger partial charge on any atom is 0.337 e. The molecule has 1 unspecified atom stereocenters. The summed E-state index contributed by atoms with van der Waals surface area (Å²) in [6.07, 6.45) is 5.16. The summed E-state index contributed by atoms with van der Waals surface area (Å²) in [6, 6.07) is 8.34. The molecule has 1 aromatic rings. The van der Waals surface area contributed by atoms with Gasteiger partial charge < -0.3 is 14.4 Å². The van der Waals surface area contributed by atoms with E-state index < -0.39 is 0 Å². The second kappa shape index (κ2) is 8.42. The first-order valence-electron chi connectivity index (χ1n) is 10.0. The molecule has 2 atom stereocenters. The van der Waals surface area contributed by atoms with Crippen molar-refractivity contribution < 1.29 is 19.1 Å². The Balaban J connectivity index is 1.60.